The van der Waals surface area contributed by atoms with E-state index in [4.69, 9.17) is 0 Å². The Kier molecular flexibility index (Phi) is 7.72. The number of nitrogens with one attached hydrogen (secondary N) is 2. The van der Waals surface area contributed by atoms with Crippen molar-refractivity contribution in [2.75, 3.05) is 19.6 Å². The van der Waals surface area contributed by atoms with Crippen molar-refractivity contribution in [1.82, 2.24) is 15.5 Å². The second-order valence-corrected chi connectivity index (χ2v) is 7.47. The summed E-state index contributed by atoms with van der Waals surface area (Å²) in [5.41, 5.74) is 1.68. The van der Waals surface area contributed by atoms with Crippen LogP contribution in [-0.4, -0.2) is 54.1 Å². The van der Waals surface area contributed by atoms with Gasteiger partial charge in [-0.2, -0.15) is 0 Å². The van der Waals surface area contributed by atoms with Gasteiger partial charge in [-0.15, -0.1) is 0 Å². The molecule has 0 bridgehead atoms. The van der Waals surface area contributed by atoms with Crippen molar-refractivity contribution in [3.63, 3.8) is 0 Å². The summed E-state index contributed by atoms with van der Waals surface area (Å²) in [7, 11) is 0. The van der Waals surface area contributed by atoms with Crippen molar-refractivity contribution in [2.45, 2.75) is 46.1 Å². The van der Waals surface area contributed by atoms with Crippen LogP contribution in [0.1, 0.15) is 49.0 Å². The summed E-state index contributed by atoms with van der Waals surface area (Å²) in [6.45, 7) is 6.83. The molecule has 1 aliphatic rings. The number of nitrogens with zero attached hydrogens (tertiary/aromatic N) is 1. The Hall–Kier alpha value is -2.70. The molecule has 1 aliphatic heterocycles. The summed E-state index contributed by atoms with van der Waals surface area (Å²) < 4.78 is 0. The fourth-order valence-electron chi connectivity index (χ4n) is 3.14. The van der Waals surface area contributed by atoms with Gasteiger partial charge in [-0.1, -0.05) is 29.8 Å². The predicted octanol–water partition coefficient (Wildman–Crippen LogP) is 1.45. The summed E-state index contributed by atoms with van der Waals surface area (Å²) >= 11 is 0. The van der Waals surface area contributed by atoms with Crippen LogP contribution in [0.15, 0.2) is 24.3 Å². The van der Waals surface area contributed by atoms with Gasteiger partial charge in [0.25, 0.3) is 0 Å². The van der Waals surface area contributed by atoms with Crippen LogP contribution in [0, 0.1) is 12.8 Å². The highest BCUT2D eigenvalue weighted by atomic mass is 16.2. The normalized spacial score (nSPS) is 16.4. The first-order chi connectivity index (χ1) is 13.3. The largest absolute Gasteiger partial charge is 0.354 e. The maximum atomic E-state index is 12.2. The number of aryl methyl sites for hydroxylation is 1. The van der Waals surface area contributed by atoms with E-state index < -0.39 is 0 Å². The number of carbonyl (C=O) groups excluding carboxylic acids is 4. The second-order valence-electron chi connectivity index (χ2n) is 7.47. The van der Waals surface area contributed by atoms with Gasteiger partial charge in [0.15, 0.2) is 5.78 Å². The molecule has 1 saturated heterocycles. The molecule has 2 rings (SSSR count). The minimum atomic E-state index is -0.335. The van der Waals surface area contributed by atoms with Crippen molar-refractivity contribution < 1.29 is 19.2 Å². The Bertz CT molecular complexity index is 728. The molecule has 1 aromatic rings. The van der Waals surface area contributed by atoms with Gasteiger partial charge in [-0.3, -0.25) is 19.2 Å². The zero-order valence-electron chi connectivity index (χ0n) is 16.8. The molecule has 1 unspecified atom stereocenters. The third-order valence-electron chi connectivity index (χ3n) is 4.85. The average molecular weight is 387 g/mol. The number of rotatable bonds is 9. The minimum absolute atomic E-state index is 0.00157. The molecule has 0 spiro atoms. The fourth-order valence-corrected chi connectivity index (χ4v) is 3.14. The molecule has 0 radical (unpaired) electrons. The van der Waals surface area contributed by atoms with Crippen LogP contribution < -0.4 is 10.6 Å². The van der Waals surface area contributed by atoms with Gasteiger partial charge in [0.2, 0.25) is 17.7 Å². The summed E-state index contributed by atoms with van der Waals surface area (Å²) in [5, 5.41) is 5.45. The van der Waals surface area contributed by atoms with Gasteiger partial charge >= 0.3 is 0 Å². The van der Waals surface area contributed by atoms with Gasteiger partial charge in [-0.25, -0.2) is 0 Å². The lowest BCUT2D eigenvalue weighted by atomic mass is 10.1. The first kappa shape index (κ1) is 21.6. The van der Waals surface area contributed by atoms with E-state index in [1.807, 2.05) is 32.9 Å². The summed E-state index contributed by atoms with van der Waals surface area (Å²) in [6, 6.07) is 7.36. The fraction of sp³-hybridized carbons (Fsp3) is 0.524. The number of ketones is 1. The lowest BCUT2D eigenvalue weighted by Gasteiger charge is -2.20. The molecule has 152 valence electrons. The van der Waals surface area contributed by atoms with Crippen LogP contribution in [0.2, 0.25) is 0 Å². The highest BCUT2D eigenvalue weighted by Crippen LogP contribution is 2.20. The van der Waals surface area contributed by atoms with Crippen LogP contribution in [0.25, 0.3) is 0 Å². The number of Topliss-reactive ketones (excluding diaryl/α,β-unsaturated/α-hetero) is 1. The zero-order chi connectivity index (χ0) is 20.7. The monoisotopic (exact) mass is 387 g/mol. The van der Waals surface area contributed by atoms with E-state index in [9.17, 15) is 19.2 Å². The van der Waals surface area contributed by atoms with Crippen molar-refractivity contribution >= 4 is 23.5 Å². The third-order valence-corrected chi connectivity index (χ3v) is 4.85. The highest BCUT2D eigenvalue weighted by molar-refractivity contribution is 5.98. The lowest BCUT2D eigenvalue weighted by molar-refractivity contribution is -0.129. The summed E-state index contributed by atoms with van der Waals surface area (Å²) in [6.07, 6.45) is 0.495. The second kappa shape index (κ2) is 10.0. The highest BCUT2D eigenvalue weighted by Gasteiger charge is 2.35. The van der Waals surface area contributed by atoms with E-state index in [2.05, 4.69) is 10.6 Å². The standard InChI is InChI=1S/C21H29N3O4/c1-14(2)24-13-17(12-20(24)27)21(28)23-11-10-22-19(26)9-8-18(25)16-6-4-15(3)5-7-16/h4-7,14,17H,8-13H2,1-3H3,(H,22,26)(H,23,28). The molecule has 7 heteroatoms. The first-order valence-corrected chi connectivity index (χ1v) is 9.71. The van der Waals surface area contributed by atoms with Crippen molar-refractivity contribution in [2.24, 2.45) is 5.92 Å². The molecule has 0 aromatic heterocycles. The molecule has 7 nitrogen and oxygen atoms in total. The maximum Gasteiger partial charge on any atom is 0.225 e. The Balaban J connectivity index is 1.62. The number of hydrogen-bond acceptors (Lipinski definition) is 4. The number of hydrogen-bond donors (Lipinski definition) is 2. The Morgan fingerprint density at radius 1 is 1.07 bits per heavy atom. The quantitative estimate of drug-likeness (QED) is 0.495. The van der Waals surface area contributed by atoms with Crippen molar-refractivity contribution in [1.29, 1.82) is 0 Å². The molecule has 0 aliphatic carbocycles. The van der Waals surface area contributed by atoms with Crippen LogP contribution in [-0.2, 0) is 14.4 Å². The van der Waals surface area contributed by atoms with Crippen molar-refractivity contribution in [3.05, 3.63) is 35.4 Å². The molecule has 1 fully saturated rings. The smallest absolute Gasteiger partial charge is 0.225 e. The van der Waals surface area contributed by atoms with Gasteiger partial charge in [-0.05, 0) is 20.8 Å². The minimum Gasteiger partial charge on any atom is -0.354 e. The molecule has 28 heavy (non-hydrogen) atoms. The third kappa shape index (κ3) is 6.18. The Morgan fingerprint density at radius 3 is 2.32 bits per heavy atom. The Morgan fingerprint density at radius 2 is 1.71 bits per heavy atom. The van der Waals surface area contributed by atoms with E-state index in [1.54, 1.807) is 17.0 Å². The predicted molar refractivity (Wildman–Crippen MR) is 106 cm³/mol. The topological polar surface area (TPSA) is 95.6 Å². The molecular weight excluding hydrogens is 358 g/mol. The van der Waals surface area contributed by atoms with Crippen LogP contribution in [0.3, 0.4) is 0 Å². The Labute approximate surface area is 165 Å². The van der Waals surface area contributed by atoms with Gasteiger partial charge in [0, 0.05) is 50.5 Å². The molecule has 1 aromatic carbocycles. The van der Waals surface area contributed by atoms with Crippen LogP contribution in [0.5, 0.6) is 0 Å². The number of carbonyl (C=O) groups is 4. The van der Waals surface area contributed by atoms with E-state index in [-0.39, 0.29) is 61.3 Å². The molecule has 0 saturated carbocycles. The van der Waals surface area contributed by atoms with Crippen LogP contribution in [0.4, 0.5) is 0 Å². The maximum absolute atomic E-state index is 12.2. The van der Waals surface area contributed by atoms with E-state index in [0.29, 0.717) is 18.7 Å². The molecule has 2 N–H and O–H groups in total. The number of benzene rings is 1. The van der Waals surface area contributed by atoms with Gasteiger partial charge in [0.05, 0.1) is 5.92 Å². The zero-order valence-corrected chi connectivity index (χ0v) is 16.8. The SMILES string of the molecule is Cc1ccc(C(=O)CCC(=O)NCCNC(=O)C2CC(=O)N(C(C)C)C2)cc1. The van der Waals surface area contributed by atoms with E-state index >= 15 is 0 Å². The molecule has 1 atom stereocenters. The first-order valence-electron chi connectivity index (χ1n) is 9.71. The molecule has 1 heterocycles. The lowest BCUT2D eigenvalue weighted by Crippen LogP contribution is -2.39. The van der Waals surface area contributed by atoms with Crippen molar-refractivity contribution in [3.8, 4) is 0 Å². The average Bonchev–Trinajstić information content (AvgIpc) is 3.06. The van der Waals surface area contributed by atoms with Crippen LogP contribution >= 0.6 is 0 Å². The van der Waals surface area contributed by atoms with E-state index in [0.717, 1.165) is 5.56 Å². The van der Waals surface area contributed by atoms with Gasteiger partial charge < -0.3 is 15.5 Å². The molecular formula is C21H29N3O4. The van der Waals surface area contributed by atoms with Gasteiger partial charge in [0.1, 0.15) is 0 Å². The van der Waals surface area contributed by atoms with E-state index in [1.165, 1.54) is 0 Å². The number of likely N-dealkylation sites (tertiary alicyclic amines) is 1. The summed E-state index contributed by atoms with van der Waals surface area (Å²) in [5.74, 6) is -0.791. The number of amides is 3. The molecule has 3 amide bonds. The summed E-state index contributed by atoms with van der Waals surface area (Å²) in [4.78, 5) is 49.6.